The van der Waals surface area contributed by atoms with Crippen molar-refractivity contribution in [2.75, 3.05) is 13.1 Å². The number of carboxylic acids is 1. The Hall–Kier alpha value is -2.18. The molecule has 2 heterocycles. The summed E-state index contributed by atoms with van der Waals surface area (Å²) >= 11 is 0. The van der Waals surface area contributed by atoms with Gasteiger partial charge in [0.25, 0.3) is 0 Å². The molecule has 3 N–H and O–H groups in total. The number of carboxylic acid groups (broad SMARTS) is 1. The second kappa shape index (κ2) is 5.31. The van der Waals surface area contributed by atoms with E-state index in [0.717, 1.165) is 11.3 Å². The Morgan fingerprint density at radius 2 is 2.14 bits per heavy atom. The van der Waals surface area contributed by atoms with Gasteiger partial charge in [0.05, 0.1) is 11.9 Å². The lowest BCUT2D eigenvalue weighted by Crippen LogP contribution is -2.50. The van der Waals surface area contributed by atoms with Crippen LogP contribution < -0.4 is 5.73 Å². The highest BCUT2D eigenvalue weighted by Crippen LogP contribution is 2.21. The van der Waals surface area contributed by atoms with Crippen LogP contribution in [0.5, 0.6) is 0 Å². The maximum atomic E-state index is 11.1. The predicted octanol–water partition coefficient (Wildman–Crippen LogP) is 0.860. The zero-order chi connectivity index (χ0) is 14.9. The molecule has 0 spiro atoms. The Bertz CT molecular complexity index is 640. The molecule has 1 aliphatic rings. The molecule has 0 amide bonds. The minimum absolute atomic E-state index is 0.374. The Labute approximate surface area is 122 Å². The van der Waals surface area contributed by atoms with Crippen molar-refractivity contribution in [2.24, 2.45) is 5.73 Å². The number of hydrogen-bond donors (Lipinski definition) is 2. The summed E-state index contributed by atoms with van der Waals surface area (Å²) in [7, 11) is 0. The van der Waals surface area contributed by atoms with Crippen LogP contribution in [0, 0.1) is 0 Å². The van der Waals surface area contributed by atoms with Crippen molar-refractivity contribution in [3.8, 4) is 5.69 Å². The molecular weight excluding hydrogens is 268 g/mol. The van der Waals surface area contributed by atoms with E-state index < -0.39 is 11.5 Å². The van der Waals surface area contributed by atoms with Gasteiger partial charge in [-0.3, -0.25) is 9.69 Å². The Morgan fingerprint density at radius 3 is 2.81 bits per heavy atom. The standard InChI is InChI=1S/C15H18N4O2/c16-15(14(20)21)6-7-18(11-15)9-12-8-17-19(10-12)13-4-2-1-3-5-13/h1-5,8,10H,6-7,9,11,16H2,(H,20,21). The first-order valence-corrected chi connectivity index (χ1v) is 6.90. The summed E-state index contributed by atoms with van der Waals surface area (Å²) in [6, 6.07) is 9.87. The molecule has 0 bridgehead atoms. The highest BCUT2D eigenvalue weighted by molar-refractivity contribution is 5.79. The molecule has 3 rings (SSSR count). The molecule has 0 saturated carbocycles. The topological polar surface area (TPSA) is 84.4 Å². The molecule has 1 unspecified atom stereocenters. The lowest BCUT2D eigenvalue weighted by atomic mass is 10.0. The number of rotatable bonds is 4. The van der Waals surface area contributed by atoms with Gasteiger partial charge in [0.15, 0.2) is 0 Å². The van der Waals surface area contributed by atoms with Crippen LogP contribution in [0.2, 0.25) is 0 Å². The fourth-order valence-corrected chi connectivity index (χ4v) is 2.65. The van der Waals surface area contributed by atoms with E-state index in [4.69, 9.17) is 10.8 Å². The van der Waals surface area contributed by atoms with Crippen LogP contribution in [0.25, 0.3) is 5.69 Å². The molecule has 2 aromatic rings. The number of likely N-dealkylation sites (tertiary alicyclic amines) is 1. The Morgan fingerprint density at radius 1 is 1.38 bits per heavy atom. The van der Waals surface area contributed by atoms with Crippen molar-refractivity contribution >= 4 is 5.97 Å². The zero-order valence-electron chi connectivity index (χ0n) is 11.6. The van der Waals surface area contributed by atoms with Crippen molar-refractivity contribution in [1.29, 1.82) is 0 Å². The summed E-state index contributed by atoms with van der Waals surface area (Å²) in [5, 5.41) is 13.5. The molecule has 1 aromatic heterocycles. The van der Waals surface area contributed by atoms with Gasteiger partial charge >= 0.3 is 5.97 Å². The first-order chi connectivity index (χ1) is 10.1. The second-order valence-electron chi connectivity index (χ2n) is 5.55. The van der Waals surface area contributed by atoms with Gasteiger partial charge in [0, 0.05) is 31.4 Å². The maximum Gasteiger partial charge on any atom is 0.325 e. The van der Waals surface area contributed by atoms with Crippen LogP contribution in [0.1, 0.15) is 12.0 Å². The number of nitrogens with two attached hydrogens (primary N) is 1. The summed E-state index contributed by atoms with van der Waals surface area (Å²) in [6.45, 7) is 1.73. The van der Waals surface area contributed by atoms with Gasteiger partial charge in [-0.1, -0.05) is 18.2 Å². The van der Waals surface area contributed by atoms with E-state index in [1.165, 1.54) is 0 Å². The van der Waals surface area contributed by atoms with Crippen LogP contribution in [0.3, 0.4) is 0 Å². The molecule has 1 saturated heterocycles. The SMILES string of the molecule is NC1(C(=O)O)CCN(Cc2cnn(-c3ccccc3)c2)C1. The van der Waals surface area contributed by atoms with Crippen LogP contribution in [0.15, 0.2) is 42.7 Å². The molecule has 0 radical (unpaired) electrons. The smallest absolute Gasteiger partial charge is 0.325 e. The first-order valence-electron chi connectivity index (χ1n) is 6.90. The maximum absolute atomic E-state index is 11.1. The molecule has 110 valence electrons. The van der Waals surface area contributed by atoms with Crippen LogP contribution in [0.4, 0.5) is 0 Å². The first kappa shape index (κ1) is 13.8. The molecule has 6 heteroatoms. The fourth-order valence-electron chi connectivity index (χ4n) is 2.65. The van der Waals surface area contributed by atoms with Crippen LogP contribution in [-0.2, 0) is 11.3 Å². The quantitative estimate of drug-likeness (QED) is 0.871. The molecular formula is C15H18N4O2. The molecule has 1 atom stereocenters. The van der Waals surface area contributed by atoms with Gasteiger partial charge in [-0.05, 0) is 18.6 Å². The largest absolute Gasteiger partial charge is 0.480 e. The van der Waals surface area contributed by atoms with Crippen LogP contribution in [-0.4, -0.2) is 44.4 Å². The molecule has 6 nitrogen and oxygen atoms in total. The van der Waals surface area contributed by atoms with Gasteiger partial charge < -0.3 is 10.8 Å². The number of benzene rings is 1. The fraction of sp³-hybridized carbons (Fsp3) is 0.333. The zero-order valence-corrected chi connectivity index (χ0v) is 11.6. The van der Waals surface area contributed by atoms with Crippen molar-refractivity contribution in [1.82, 2.24) is 14.7 Å². The van der Waals surface area contributed by atoms with Crippen molar-refractivity contribution in [3.05, 3.63) is 48.3 Å². The monoisotopic (exact) mass is 286 g/mol. The number of hydrogen-bond acceptors (Lipinski definition) is 4. The Balaban J connectivity index is 1.68. The third-order valence-corrected chi connectivity index (χ3v) is 3.87. The van der Waals surface area contributed by atoms with E-state index in [2.05, 4.69) is 10.00 Å². The second-order valence-corrected chi connectivity index (χ2v) is 5.55. The Kier molecular flexibility index (Phi) is 3.48. The molecule has 21 heavy (non-hydrogen) atoms. The summed E-state index contributed by atoms with van der Waals surface area (Å²) < 4.78 is 1.82. The molecule has 1 aromatic carbocycles. The normalized spacial score (nSPS) is 22.5. The summed E-state index contributed by atoms with van der Waals surface area (Å²) in [4.78, 5) is 13.2. The van der Waals surface area contributed by atoms with E-state index >= 15 is 0 Å². The van der Waals surface area contributed by atoms with E-state index in [0.29, 0.717) is 26.1 Å². The van der Waals surface area contributed by atoms with Gasteiger partial charge in [-0.2, -0.15) is 5.10 Å². The molecule has 1 aliphatic heterocycles. The van der Waals surface area contributed by atoms with E-state index in [-0.39, 0.29) is 0 Å². The average molecular weight is 286 g/mol. The third kappa shape index (κ3) is 2.81. The summed E-state index contributed by atoms with van der Waals surface area (Å²) in [5.41, 5.74) is 6.82. The van der Waals surface area contributed by atoms with E-state index in [9.17, 15) is 4.79 Å². The average Bonchev–Trinajstić information content (AvgIpc) is 3.08. The molecule has 0 aliphatic carbocycles. The van der Waals surface area contributed by atoms with Crippen molar-refractivity contribution in [3.63, 3.8) is 0 Å². The number of aliphatic carboxylic acids is 1. The summed E-state index contributed by atoms with van der Waals surface area (Å²) in [5.74, 6) is -0.926. The van der Waals surface area contributed by atoms with Crippen molar-refractivity contribution in [2.45, 2.75) is 18.5 Å². The van der Waals surface area contributed by atoms with Gasteiger partial charge in [0.1, 0.15) is 5.54 Å². The number of nitrogens with zero attached hydrogens (tertiary/aromatic N) is 3. The van der Waals surface area contributed by atoms with E-state index in [1.54, 1.807) is 0 Å². The molecule has 1 fully saturated rings. The highest BCUT2D eigenvalue weighted by atomic mass is 16.4. The lowest BCUT2D eigenvalue weighted by Gasteiger charge is -2.19. The lowest BCUT2D eigenvalue weighted by molar-refractivity contribution is -0.142. The van der Waals surface area contributed by atoms with Crippen molar-refractivity contribution < 1.29 is 9.90 Å². The highest BCUT2D eigenvalue weighted by Gasteiger charge is 2.41. The van der Waals surface area contributed by atoms with Gasteiger partial charge in [0.2, 0.25) is 0 Å². The van der Waals surface area contributed by atoms with E-state index in [1.807, 2.05) is 47.4 Å². The summed E-state index contributed by atoms with van der Waals surface area (Å²) in [6.07, 6.45) is 4.26. The number of carbonyl (C=O) groups is 1. The minimum Gasteiger partial charge on any atom is -0.480 e. The predicted molar refractivity (Wildman–Crippen MR) is 78.0 cm³/mol. The number of para-hydroxylation sites is 1. The third-order valence-electron chi connectivity index (χ3n) is 3.87. The van der Waals surface area contributed by atoms with Crippen LogP contribution >= 0.6 is 0 Å². The number of aromatic nitrogens is 2. The van der Waals surface area contributed by atoms with Gasteiger partial charge in [-0.15, -0.1) is 0 Å². The minimum atomic E-state index is -1.12. The van der Waals surface area contributed by atoms with Gasteiger partial charge in [-0.25, -0.2) is 4.68 Å².